The highest BCUT2D eigenvalue weighted by Crippen LogP contribution is 2.29. The Morgan fingerprint density at radius 3 is 2.50 bits per heavy atom. The molecule has 26 heavy (non-hydrogen) atoms. The molecule has 1 aromatic heterocycles. The number of carbonyl (C=O) groups is 2. The fourth-order valence-electron chi connectivity index (χ4n) is 2.33. The zero-order valence-corrected chi connectivity index (χ0v) is 15.6. The van der Waals surface area contributed by atoms with Gasteiger partial charge in [0.1, 0.15) is 0 Å². The summed E-state index contributed by atoms with van der Waals surface area (Å²) < 4.78 is 24.0. The predicted octanol–water partition coefficient (Wildman–Crippen LogP) is 2.91. The lowest BCUT2D eigenvalue weighted by Crippen LogP contribution is -2.16. The van der Waals surface area contributed by atoms with E-state index in [1.54, 1.807) is 30.3 Å². The summed E-state index contributed by atoms with van der Waals surface area (Å²) in [6.07, 6.45) is 1.14. The molecule has 134 valence electrons. The second-order valence-electron chi connectivity index (χ2n) is 5.60. The number of fused-ring (bicyclic) bond motifs is 1. The van der Waals surface area contributed by atoms with Gasteiger partial charge in [0, 0.05) is 13.2 Å². The Morgan fingerprint density at radius 2 is 1.81 bits per heavy atom. The zero-order valence-electron chi connectivity index (χ0n) is 13.9. The maximum absolute atomic E-state index is 12.5. The number of aromatic nitrogens is 1. The van der Waals surface area contributed by atoms with E-state index >= 15 is 0 Å². The van der Waals surface area contributed by atoms with Gasteiger partial charge >= 0.3 is 0 Å². The molecule has 0 saturated carbocycles. The third kappa shape index (κ3) is 3.89. The lowest BCUT2D eigenvalue weighted by atomic mass is 10.1. The number of para-hydroxylation sites is 1. The summed E-state index contributed by atoms with van der Waals surface area (Å²) in [7, 11) is -3.32. The van der Waals surface area contributed by atoms with Crippen LogP contribution in [0.2, 0.25) is 0 Å². The summed E-state index contributed by atoms with van der Waals surface area (Å²) in [6, 6.07) is 11.2. The Kier molecular flexibility index (Phi) is 4.75. The Labute approximate surface area is 154 Å². The van der Waals surface area contributed by atoms with Gasteiger partial charge in [-0.15, -0.1) is 0 Å². The van der Waals surface area contributed by atoms with Gasteiger partial charge in [-0.3, -0.25) is 14.9 Å². The van der Waals surface area contributed by atoms with Gasteiger partial charge in [-0.05, 0) is 30.3 Å². The molecule has 0 aliphatic carbocycles. The molecule has 0 aliphatic rings. The molecule has 9 heteroatoms. The number of benzene rings is 2. The van der Waals surface area contributed by atoms with Crippen LogP contribution in [0, 0.1) is 0 Å². The van der Waals surface area contributed by atoms with Crippen molar-refractivity contribution in [3.63, 3.8) is 0 Å². The lowest BCUT2D eigenvalue weighted by molar-refractivity contribution is -0.114. The molecule has 1 heterocycles. The number of anilines is 2. The van der Waals surface area contributed by atoms with E-state index in [9.17, 15) is 18.0 Å². The van der Waals surface area contributed by atoms with Gasteiger partial charge in [-0.2, -0.15) is 0 Å². The second kappa shape index (κ2) is 6.85. The normalized spacial score (nSPS) is 11.3. The standard InChI is InChI=1S/C17H15N3O4S2/c1-10(21)18-13-6-4-3-5-12(13)16(22)20-17-19-14-8-7-11(26(2,23)24)9-15(14)25-17/h3-9H,1-2H3,(H,18,21)(H,19,20,22). The topological polar surface area (TPSA) is 105 Å². The molecule has 0 radical (unpaired) electrons. The van der Waals surface area contributed by atoms with E-state index in [0.29, 0.717) is 26.6 Å². The average Bonchev–Trinajstić information content (AvgIpc) is 2.95. The monoisotopic (exact) mass is 389 g/mol. The molecule has 0 spiro atoms. The highest BCUT2D eigenvalue weighted by Gasteiger charge is 2.15. The van der Waals surface area contributed by atoms with E-state index in [1.807, 2.05) is 0 Å². The molecule has 0 bridgehead atoms. The number of hydrogen-bond donors (Lipinski definition) is 2. The van der Waals surface area contributed by atoms with Gasteiger partial charge in [-0.25, -0.2) is 13.4 Å². The van der Waals surface area contributed by atoms with Crippen molar-refractivity contribution in [3.05, 3.63) is 48.0 Å². The van der Waals surface area contributed by atoms with Crippen molar-refractivity contribution in [3.8, 4) is 0 Å². The van der Waals surface area contributed by atoms with E-state index in [1.165, 1.54) is 30.4 Å². The summed E-state index contributed by atoms with van der Waals surface area (Å²) in [5.41, 5.74) is 1.30. The first-order valence-electron chi connectivity index (χ1n) is 7.52. The third-order valence-corrected chi connectivity index (χ3v) is 5.53. The van der Waals surface area contributed by atoms with Crippen LogP contribution >= 0.6 is 11.3 Å². The van der Waals surface area contributed by atoms with Gasteiger partial charge < -0.3 is 5.32 Å². The number of rotatable bonds is 4. The first-order chi connectivity index (χ1) is 12.2. The van der Waals surface area contributed by atoms with Crippen LogP contribution in [-0.2, 0) is 14.6 Å². The van der Waals surface area contributed by atoms with Crippen LogP contribution < -0.4 is 10.6 Å². The number of nitrogens with zero attached hydrogens (tertiary/aromatic N) is 1. The van der Waals surface area contributed by atoms with Crippen molar-refractivity contribution in [2.45, 2.75) is 11.8 Å². The molecule has 0 aliphatic heterocycles. The fraction of sp³-hybridized carbons (Fsp3) is 0.118. The maximum Gasteiger partial charge on any atom is 0.259 e. The number of sulfone groups is 1. The van der Waals surface area contributed by atoms with Gasteiger partial charge in [0.05, 0.1) is 26.4 Å². The van der Waals surface area contributed by atoms with Crippen molar-refractivity contribution >= 4 is 54.0 Å². The van der Waals surface area contributed by atoms with Crippen LogP contribution in [0.5, 0.6) is 0 Å². The van der Waals surface area contributed by atoms with Crippen molar-refractivity contribution in [1.29, 1.82) is 0 Å². The van der Waals surface area contributed by atoms with E-state index in [2.05, 4.69) is 15.6 Å². The smallest absolute Gasteiger partial charge is 0.259 e. The van der Waals surface area contributed by atoms with Crippen molar-refractivity contribution in [2.24, 2.45) is 0 Å². The number of thiazole rings is 1. The minimum atomic E-state index is -3.32. The minimum Gasteiger partial charge on any atom is -0.326 e. The number of amides is 2. The highest BCUT2D eigenvalue weighted by atomic mass is 32.2. The first kappa shape index (κ1) is 18.0. The predicted molar refractivity (Wildman–Crippen MR) is 101 cm³/mol. The van der Waals surface area contributed by atoms with E-state index < -0.39 is 15.7 Å². The third-order valence-electron chi connectivity index (χ3n) is 3.49. The number of nitrogens with one attached hydrogen (secondary N) is 2. The summed E-state index contributed by atoms with van der Waals surface area (Å²) in [4.78, 5) is 28.3. The molecule has 0 atom stereocenters. The van der Waals surface area contributed by atoms with Gasteiger partial charge in [0.25, 0.3) is 5.91 Å². The minimum absolute atomic E-state index is 0.197. The Balaban J connectivity index is 1.90. The van der Waals surface area contributed by atoms with Crippen LogP contribution in [0.1, 0.15) is 17.3 Å². The zero-order chi connectivity index (χ0) is 18.9. The summed E-state index contributed by atoms with van der Waals surface area (Å²) in [5, 5.41) is 5.64. The van der Waals surface area contributed by atoms with E-state index in [0.717, 1.165) is 6.26 Å². The van der Waals surface area contributed by atoms with Gasteiger partial charge in [0.2, 0.25) is 5.91 Å². The van der Waals surface area contributed by atoms with Gasteiger partial charge in [0.15, 0.2) is 15.0 Å². The maximum atomic E-state index is 12.5. The van der Waals surface area contributed by atoms with Crippen molar-refractivity contribution in [2.75, 3.05) is 16.9 Å². The number of hydrogen-bond acceptors (Lipinski definition) is 6. The van der Waals surface area contributed by atoms with Gasteiger partial charge in [-0.1, -0.05) is 23.5 Å². The molecule has 0 saturated heterocycles. The Hall–Kier alpha value is -2.78. The number of carbonyl (C=O) groups excluding carboxylic acids is 2. The second-order valence-corrected chi connectivity index (χ2v) is 8.65. The molecule has 2 amide bonds. The van der Waals surface area contributed by atoms with Crippen LogP contribution in [0.4, 0.5) is 10.8 Å². The molecule has 2 aromatic carbocycles. The van der Waals surface area contributed by atoms with Crippen LogP contribution in [0.15, 0.2) is 47.4 Å². The van der Waals surface area contributed by atoms with Crippen LogP contribution in [0.3, 0.4) is 0 Å². The van der Waals surface area contributed by atoms with Crippen LogP contribution in [-0.4, -0.2) is 31.5 Å². The summed E-state index contributed by atoms with van der Waals surface area (Å²) >= 11 is 1.18. The molecule has 0 fully saturated rings. The summed E-state index contributed by atoms with van der Waals surface area (Å²) in [6.45, 7) is 1.36. The average molecular weight is 389 g/mol. The highest BCUT2D eigenvalue weighted by molar-refractivity contribution is 7.90. The molecule has 7 nitrogen and oxygen atoms in total. The molecular formula is C17H15N3O4S2. The molecule has 0 unspecified atom stereocenters. The molecule has 2 N–H and O–H groups in total. The molecule has 3 rings (SSSR count). The first-order valence-corrected chi connectivity index (χ1v) is 10.2. The Morgan fingerprint density at radius 1 is 1.08 bits per heavy atom. The van der Waals surface area contributed by atoms with E-state index in [-0.39, 0.29) is 10.8 Å². The summed E-state index contributed by atoms with van der Waals surface area (Å²) in [5.74, 6) is -0.699. The van der Waals surface area contributed by atoms with Crippen molar-refractivity contribution < 1.29 is 18.0 Å². The Bertz CT molecular complexity index is 1120. The molecular weight excluding hydrogens is 374 g/mol. The van der Waals surface area contributed by atoms with Crippen molar-refractivity contribution in [1.82, 2.24) is 4.98 Å². The van der Waals surface area contributed by atoms with E-state index in [4.69, 9.17) is 0 Å². The largest absolute Gasteiger partial charge is 0.326 e. The fourth-order valence-corrected chi connectivity index (χ4v) is 3.96. The SMILES string of the molecule is CC(=O)Nc1ccccc1C(=O)Nc1nc2ccc(S(C)(=O)=O)cc2s1. The lowest BCUT2D eigenvalue weighted by Gasteiger charge is -2.08. The van der Waals surface area contributed by atoms with Crippen LogP contribution in [0.25, 0.3) is 10.2 Å². The quantitative estimate of drug-likeness (QED) is 0.714. The molecule has 3 aromatic rings.